The van der Waals surface area contributed by atoms with Crippen LogP contribution in [-0.4, -0.2) is 92.3 Å². The lowest BCUT2D eigenvalue weighted by Gasteiger charge is -2.28. The molecule has 0 spiro atoms. The number of para-hydroxylation sites is 1. The van der Waals surface area contributed by atoms with E-state index in [-0.39, 0.29) is 25.1 Å². The average Bonchev–Trinajstić information content (AvgIpc) is 3.20. The van der Waals surface area contributed by atoms with Gasteiger partial charge < -0.3 is 19.9 Å². The Balaban J connectivity index is 1.16. The molecule has 1 fully saturated rings. The molecule has 2 atom stereocenters. The first-order valence-corrected chi connectivity index (χ1v) is 13.1. The van der Waals surface area contributed by atoms with Gasteiger partial charge >= 0.3 is 0 Å². The van der Waals surface area contributed by atoms with Crippen molar-refractivity contribution < 1.29 is 19.4 Å². The summed E-state index contributed by atoms with van der Waals surface area (Å²) in [6, 6.07) is 15.7. The molecule has 0 bridgehead atoms. The van der Waals surface area contributed by atoms with Crippen LogP contribution in [0.15, 0.2) is 53.4 Å². The van der Waals surface area contributed by atoms with Crippen molar-refractivity contribution in [1.82, 2.24) is 19.8 Å². The minimum atomic E-state index is -0.619. The molecule has 2 heterocycles. The largest absolute Gasteiger partial charge is 0.490 e. The third-order valence-electron chi connectivity index (χ3n) is 6.16. The minimum Gasteiger partial charge on any atom is -0.490 e. The molecule has 0 amide bonds. The van der Waals surface area contributed by atoms with Crippen LogP contribution in [0, 0.1) is 0 Å². The molecular formula is C26H36N4O4S. The second kappa shape index (κ2) is 13.4. The summed E-state index contributed by atoms with van der Waals surface area (Å²) in [6.45, 7) is 5.55. The van der Waals surface area contributed by atoms with Gasteiger partial charge in [-0.05, 0) is 62.3 Å². The van der Waals surface area contributed by atoms with Gasteiger partial charge in [-0.25, -0.2) is 4.31 Å². The van der Waals surface area contributed by atoms with E-state index >= 15 is 0 Å². The first-order valence-electron chi connectivity index (χ1n) is 12.3. The Morgan fingerprint density at radius 3 is 2.80 bits per heavy atom. The number of rotatable bonds is 13. The number of carbonyl (C=O) groups excluding carboxylic acids is 1. The van der Waals surface area contributed by atoms with Gasteiger partial charge in [0.1, 0.15) is 18.5 Å². The van der Waals surface area contributed by atoms with E-state index < -0.39 is 6.10 Å². The predicted octanol–water partition coefficient (Wildman–Crippen LogP) is 2.16. The monoisotopic (exact) mass is 500 g/mol. The zero-order chi connectivity index (χ0) is 24.5. The number of aliphatic hydroxyl groups is 1. The summed E-state index contributed by atoms with van der Waals surface area (Å²) >= 11 is 1.76. The highest BCUT2D eigenvalue weighted by molar-refractivity contribution is 7.97. The second-order valence-corrected chi connectivity index (χ2v) is 10.1. The van der Waals surface area contributed by atoms with Crippen molar-refractivity contribution in [3.05, 3.63) is 59.7 Å². The summed E-state index contributed by atoms with van der Waals surface area (Å²) in [5.74, 6) is 0.500. The maximum absolute atomic E-state index is 12.8. The number of nitrogens with one attached hydrogen (secondary N) is 2. The van der Waals surface area contributed by atoms with Crippen molar-refractivity contribution in [3.8, 4) is 5.75 Å². The van der Waals surface area contributed by atoms with Gasteiger partial charge in [-0.3, -0.25) is 15.0 Å². The van der Waals surface area contributed by atoms with Gasteiger partial charge in [-0.1, -0.05) is 30.3 Å². The third-order valence-corrected chi connectivity index (χ3v) is 7.23. The number of morpholine rings is 1. The molecule has 190 valence electrons. The number of hydrogen-bond donors (Lipinski definition) is 3. The van der Waals surface area contributed by atoms with Crippen molar-refractivity contribution in [2.24, 2.45) is 0 Å². The molecule has 2 unspecified atom stereocenters. The van der Waals surface area contributed by atoms with E-state index in [4.69, 9.17) is 9.47 Å². The van der Waals surface area contributed by atoms with Gasteiger partial charge in [0.15, 0.2) is 5.78 Å². The van der Waals surface area contributed by atoms with Crippen molar-refractivity contribution in [3.63, 3.8) is 0 Å². The molecule has 0 aliphatic carbocycles. The first kappa shape index (κ1) is 26.1. The van der Waals surface area contributed by atoms with Gasteiger partial charge in [0, 0.05) is 24.5 Å². The Morgan fingerprint density at radius 2 is 1.94 bits per heavy atom. The number of aliphatic hydroxyl groups excluding tert-OH is 1. The molecule has 2 aromatic carbocycles. The van der Waals surface area contributed by atoms with Crippen LogP contribution >= 0.6 is 11.9 Å². The number of β-amino-alcohol motifs (C(OH)–C–C–N with tert-alkyl or cyclic N) is 1. The Labute approximate surface area is 212 Å². The number of benzene rings is 2. The van der Waals surface area contributed by atoms with Crippen molar-refractivity contribution in [2.75, 3.05) is 66.1 Å². The topological polar surface area (TPSA) is 86.3 Å². The fourth-order valence-electron chi connectivity index (χ4n) is 4.32. The van der Waals surface area contributed by atoms with E-state index in [1.807, 2.05) is 12.1 Å². The Morgan fingerprint density at radius 1 is 1.17 bits per heavy atom. The van der Waals surface area contributed by atoms with E-state index in [0.717, 1.165) is 32.6 Å². The van der Waals surface area contributed by atoms with Crippen LogP contribution in [0.4, 0.5) is 0 Å². The lowest BCUT2D eigenvalue weighted by Crippen LogP contribution is -2.42. The highest BCUT2D eigenvalue weighted by Gasteiger charge is 2.27. The number of ketones is 1. The quantitative estimate of drug-likeness (QED) is 0.218. The molecule has 8 nitrogen and oxygen atoms in total. The summed E-state index contributed by atoms with van der Waals surface area (Å²) in [4.78, 5) is 16.3. The minimum absolute atomic E-state index is 0.0166. The van der Waals surface area contributed by atoms with Crippen LogP contribution in [0.25, 0.3) is 0 Å². The van der Waals surface area contributed by atoms with Crippen LogP contribution in [0.2, 0.25) is 0 Å². The maximum Gasteiger partial charge on any atom is 0.180 e. The molecule has 1 saturated heterocycles. The molecule has 4 rings (SSSR count). The Kier molecular flexibility index (Phi) is 9.96. The summed E-state index contributed by atoms with van der Waals surface area (Å²) in [7, 11) is 2.10. The average molecular weight is 501 g/mol. The lowest BCUT2D eigenvalue weighted by atomic mass is 10.1. The standard InChI is InChI=1S/C26H36N4O4S/c1-29-26(22-8-3-5-10-25(22)35-29)28-12-6-11-27-17-23(32)21-7-2-4-9-24(21)34-19-20(31)18-30-13-15-33-16-14-30/h2-5,7-10,20,26-28,31H,6,11-19H2,1H3. The molecule has 3 N–H and O–H groups in total. The van der Waals surface area contributed by atoms with Crippen LogP contribution in [0.5, 0.6) is 5.75 Å². The van der Waals surface area contributed by atoms with Crippen LogP contribution in [0.1, 0.15) is 28.5 Å². The fraction of sp³-hybridized carbons (Fsp3) is 0.500. The molecule has 2 aromatic rings. The molecule has 0 saturated carbocycles. The molecular weight excluding hydrogens is 464 g/mol. The Bertz CT molecular complexity index is 956. The number of carbonyl (C=O) groups is 1. The molecule has 35 heavy (non-hydrogen) atoms. The number of Topliss-reactive ketones (excluding diaryl/α,β-unsaturated/α-hetero) is 1. The van der Waals surface area contributed by atoms with Gasteiger partial charge in [0.2, 0.25) is 0 Å². The zero-order valence-electron chi connectivity index (χ0n) is 20.3. The Hall–Kier alpha value is -1.98. The first-order chi connectivity index (χ1) is 17.1. The van der Waals surface area contributed by atoms with Crippen LogP contribution in [0.3, 0.4) is 0 Å². The maximum atomic E-state index is 12.8. The van der Waals surface area contributed by atoms with Gasteiger partial charge in [-0.15, -0.1) is 0 Å². The van der Waals surface area contributed by atoms with E-state index in [9.17, 15) is 9.90 Å². The van der Waals surface area contributed by atoms with E-state index in [2.05, 4.69) is 51.2 Å². The van der Waals surface area contributed by atoms with E-state index in [1.54, 1.807) is 24.1 Å². The number of hydrogen-bond acceptors (Lipinski definition) is 9. The summed E-state index contributed by atoms with van der Waals surface area (Å²) in [5, 5.41) is 17.2. The summed E-state index contributed by atoms with van der Waals surface area (Å²) in [6.07, 6.45) is 0.502. The number of ether oxygens (including phenoxy) is 2. The molecule has 2 aliphatic rings. The van der Waals surface area contributed by atoms with E-state index in [1.165, 1.54) is 10.5 Å². The fourth-order valence-corrected chi connectivity index (χ4v) is 5.35. The summed E-state index contributed by atoms with van der Waals surface area (Å²) < 4.78 is 13.4. The summed E-state index contributed by atoms with van der Waals surface area (Å²) in [5.41, 5.74) is 1.85. The number of nitrogens with zero attached hydrogens (tertiary/aromatic N) is 2. The zero-order valence-corrected chi connectivity index (χ0v) is 21.1. The highest BCUT2D eigenvalue weighted by Crippen LogP contribution is 2.40. The SMILES string of the molecule is CN1Sc2ccccc2C1NCCCNCC(=O)c1ccccc1OCC(O)CN1CCOCC1. The normalized spacial score (nSPS) is 19.4. The number of fused-ring (bicyclic) bond motifs is 1. The van der Waals surface area contributed by atoms with Crippen molar-refractivity contribution >= 4 is 17.7 Å². The van der Waals surface area contributed by atoms with Crippen molar-refractivity contribution in [2.45, 2.75) is 23.6 Å². The third kappa shape index (κ3) is 7.50. The molecule has 9 heteroatoms. The van der Waals surface area contributed by atoms with E-state index in [0.29, 0.717) is 31.1 Å². The lowest BCUT2D eigenvalue weighted by molar-refractivity contribution is 0.00457. The molecule has 2 aliphatic heterocycles. The predicted molar refractivity (Wildman–Crippen MR) is 138 cm³/mol. The molecule has 0 aromatic heterocycles. The van der Waals surface area contributed by atoms with Crippen molar-refractivity contribution in [1.29, 1.82) is 0 Å². The van der Waals surface area contributed by atoms with Gasteiger partial charge in [0.25, 0.3) is 0 Å². The highest BCUT2D eigenvalue weighted by atomic mass is 32.2. The smallest absolute Gasteiger partial charge is 0.180 e. The second-order valence-electron chi connectivity index (χ2n) is 8.86. The van der Waals surface area contributed by atoms with Gasteiger partial charge in [0.05, 0.1) is 31.5 Å². The van der Waals surface area contributed by atoms with Gasteiger partial charge in [-0.2, -0.15) is 0 Å². The van der Waals surface area contributed by atoms with Crippen LogP contribution < -0.4 is 15.4 Å². The molecule has 0 radical (unpaired) electrons. The van der Waals surface area contributed by atoms with Crippen LogP contribution in [-0.2, 0) is 4.74 Å².